The van der Waals surface area contributed by atoms with Crippen LogP contribution in [-0.4, -0.2) is 30.2 Å². The van der Waals surface area contributed by atoms with E-state index in [1.807, 2.05) is 31.2 Å². The van der Waals surface area contributed by atoms with Crippen molar-refractivity contribution in [2.75, 3.05) is 11.6 Å². The van der Waals surface area contributed by atoms with Crippen molar-refractivity contribution in [1.29, 1.82) is 0 Å². The van der Waals surface area contributed by atoms with E-state index < -0.39 is 0 Å². The fourth-order valence-corrected chi connectivity index (χ4v) is 2.62. The summed E-state index contributed by atoms with van der Waals surface area (Å²) in [5, 5.41) is 4.34. The van der Waals surface area contributed by atoms with E-state index in [-0.39, 0.29) is 30.2 Å². The highest BCUT2D eigenvalue weighted by atomic mass is 16.2. The van der Waals surface area contributed by atoms with E-state index in [1.54, 1.807) is 0 Å². The lowest BCUT2D eigenvalue weighted by molar-refractivity contribution is -0.118. The quantitative estimate of drug-likeness (QED) is 0.830. The number of nitrogens with one attached hydrogen (secondary N) is 2. The van der Waals surface area contributed by atoms with Crippen molar-refractivity contribution < 1.29 is 9.59 Å². The smallest absolute Gasteiger partial charge is 0.288 e. The summed E-state index contributed by atoms with van der Waals surface area (Å²) in [6.45, 7) is 1.95. The van der Waals surface area contributed by atoms with Crippen molar-refractivity contribution in [3.63, 3.8) is 0 Å². The molecule has 6 heteroatoms. The number of hydrazine groups is 1. The summed E-state index contributed by atoms with van der Waals surface area (Å²) in [7, 11) is 0. The molecule has 3 rings (SSSR count). The molecule has 23 heavy (non-hydrogen) atoms. The average Bonchev–Trinajstić information content (AvgIpc) is 2.57. The van der Waals surface area contributed by atoms with Gasteiger partial charge in [0.15, 0.2) is 0 Å². The first-order valence-corrected chi connectivity index (χ1v) is 7.80. The number of carbonyl (C=O) groups excluding carboxylic acids is 2. The lowest BCUT2D eigenvalue weighted by Gasteiger charge is -2.28. The molecule has 0 fully saturated rings. The second kappa shape index (κ2) is 6.64. The van der Waals surface area contributed by atoms with E-state index in [0.29, 0.717) is 5.69 Å². The van der Waals surface area contributed by atoms with Gasteiger partial charge in [-0.1, -0.05) is 29.8 Å². The van der Waals surface area contributed by atoms with Crippen molar-refractivity contribution in [2.45, 2.75) is 32.2 Å². The van der Waals surface area contributed by atoms with Crippen LogP contribution in [0.15, 0.2) is 41.4 Å². The molecular formula is C17H20N4O2. The van der Waals surface area contributed by atoms with Gasteiger partial charge in [-0.3, -0.25) is 20.0 Å². The maximum atomic E-state index is 12.3. The summed E-state index contributed by atoms with van der Waals surface area (Å²) in [4.78, 5) is 28.4. The molecule has 120 valence electrons. The third kappa shape index (κ3) is 3.59. The van der Waals surface area contributed by atoms with Crippen LogP contribution in [0, 0.1) is 6.92 Å². The fourth-order valence-electron chi connectivity index (χ4n) is 2.62. The number of carbonyl (C=O) groups is 2. The second-order valence-electron chi connectivity index (χ2n) is 5.80. The Labute approximate surface area is 135 Å². The van der Waals surface area contributed by atoms with E-state index >= 15 is 0 Å². The van der Waals surface area contributed by atoms with Crippen LogP contribution < -0.4 is 15.8 Å². The fraction of sp³-hybridized carbons (Fsp3) is 0.353. The van der Waals surface area contributed by atoms with Gasteiger partial charge in [-0.2, -0.15) is 0 Å². The Morgan fingerprint density at radius 2 is 2.09 bits per heavy atom. The highest BCUT2D eigenvalue weighted by Gasteiger charge is 2.26. The molecule has 1 heterocycles. The highest BCUT2D eigenvalue weighted by molar-refractivity contribution is 6.39. The summed E-state index contributed by atoms with van der Waals surface area (Å²) in [5.41, 5.74) is 4.63. The topological polar surface area (TPSA) is 73.8 Å². The third-order valence-electron chi connectivity index (χ3n) is 3.95. The zero-order chi connectivity index (χ0) is 16.2. The van der Waals surface area contributed by atoms with Gasteiger partial charge in [0.1, 0.15) is 6.54 Å². The number of amidine groups is 1. The summed E-state index contributed by atoms with van der Waals surface area (Å²) >= 11 is 0. The van der Waals surface area contributed by atoms with Crippen LogP contribution in [0.4, 0.5) is 5.69 Å². The number of aliphatic imine (C=N–C) groups is 1. The molecule has 2 amide bonds. The van der Waals surface area contributed by atoms with Gasteiger partial charge in [0.25, 0.3) is 11.8 Å². The van der Waals surface area contributed by atoms with Gasteiger partial charge < -0.3 is 5.32 Å². The first-order valence-electron chi connectivity index (χ1n) is 7.80. The molecule has 0 saturated heterocycles. The Hall–Kier alpha value is -2.63. The molecule has 0 aromatic heterocycles. The number of rotatable bonds is 3. The monoisotopic (exact) mass is 312 g/mol. The van der Waals surface area contributed by atoms with Crippen LogP contribution in [0.25, 0.3) is 0 Å². The van der Waals surface area contributed by atoms with Crippen LogP contribution in [-0.2, 0) is 9.59 Å². The molecule has 1 aromatic rings. The van der Waals surface area contributed by atoms with Crippen LogP contribution in [0.5, 0.6) is 0 Å². The Bertz CT molecular complexity index is 664. The van der Waals surface area contributed by atoms with E-state index in [1.165, 1.54) is 5.01 Å². The molecule has 1 aliphatic carbocycles. The van der Waals surface area contributed by atoms with Crippen molar-refractivity contribution in [3.05, 3.63) is 42.0 Å². The van der Waals surface area contributed by atoms with Crippen LogP contribution in [0.3, 0.4) is 0 Å². The normalized spacial score (nSPS) is 20.7. The number of amides is 2. The minimum absolute atomic E-state index is 0.0335. The first kappa shape index (κ1) is 15.3. The van der Waals surface area contributed by atoms with Gasteiger partial charge in [-0.05, 0) is 38.3 Å². The Morgan fingerprint density at radius 1 is 1.30 bits per heavy atom. The van der Waals surface area contributed by atoms with Crippen LogP contribution in [0.2, 0.25) is 0 Å². The summed E-state index contributed by atoms with van der Waals surface area (Å²) in [6.07, 6.45) is 6.93. The minimum atomic E-state index is -0.269. The van der Waals surface area contributed by atoms with Crippen LogP contribution >= 0.6 is 0 Å². The Balaban J connectivity index is 1.69. The highest BCUT2D eigenvalue weighted by Crippen LogP contribution is 2.15. The summed E-state index contributed by atoms with van der Waals surface area (Å²) in [6, 6.07) is 7.65. The first-order chi connectivity index (χ1) is 11.1. The lowest BCUT2D eigenvalue weighted by Crippen LogP contribution is -2.56. The SMILES string of the molecule is Cc1ccc(N2NC(C(=O)N[C@H]3CC=CCC3)=NCC2=O)cc1. The minimum Gasteiger partial charge on any atom is -0.346 e. The molecule has 0 unspecified atom stereocenters. The van der Waals surface area contributed by atoms with E-state index in [0.717, 1.165) is 24.8 Å². The average molecular weight is 312 g/mol. The van der Waals surface area contributed by atoms with Crippen molar-refractivity contribution >= 4 is 23.3 Å². The number of nitrogens with zero attached hydrogens (tertiary/aromatic N) is 2. The predicted octanol–water partition coefficient (Wildman–Crippen LogP) is 1.47. The van der Waals surface area contributed by atoms with Crippen molar-refractivity contribution in [1.82, 2.24) is 10.7 Å². The Kier molecular flexibility index (Phi) is 4.41. The van der Waals surface area contributed by atoms with Crippen molar-refractivity contribution in [3.8, 4) is 0 Å². The number of benzene rings is 1. The summed E-state index contributed by atoms with van der Waals surface area (Å²) in [5.74, 6) is -0.277. The number of aryl methyl sites for hydroxylation is 1. The van der Waals surface area contributed by atoms with E-state index in [2.05, 4.69) is 27.9 Å². The molecule has 6 nitrogen and oxygen atoms in total. The number of anilines is 1. The van der Waals surface area contributed by atoms with Gasteiger partial charge in [0, 0.05) is 6.04 Å². The zero-order valence-corrected chi connectivity index (χ0v) is 13.1. The second-order valence-corrected chi connectivity index (χ2v) is 5.80. The molecule has 0 radical (unpaired) electrons. The van der Waals surface area contributed by atoms with Gasteiger partial charge in [0.05, 0.1) is 5.69 Å². The maximum Gasteiger partial charge on any atom is 0.288 e. The predicted molar refractivity (Wildman–Crippen MR) is 89.0 cm³/mol. The van der Waals surface area contributed by atoms with E-state index in [9.17, 15) is 9.59 Å². The molecule has 1 aromatic carbocycles. The molecule has 2 aliphatic rings. The van der Waals surface area contributed by atoms with Crippen LogP contribution in [0.1, 0.15) is 24.8 Å². The Morgan fingerprint density at radius 3 is 2.78 bits per heavy atom. The molecule has 0 spiro atoms. The number of hydrogen-bond donors (Lipinski definition) is 2. The largest absolute Gasteiger partial charge is 0.346 e. The van der Waals surface area contributed by atoms with Gasteiger partial charge in [0.2, 0.25) is 5.84 Å². The number of allylic oxidation sites excluding steroid dienone is 1. The maximum absolute atomic E-state index is 12.3. The molecule has 0 bridgehead atoms. The van der Waals surface area contributed by atoms with Gasteiger partial charge >= 0.3 is 0 Å². The molecule has 1 atom stereocenters. The van der Waals surface area contributed by atoms with Gasteiger partial charge in [-0.25, -0.2) is 5.01 Å². The van der Waals surface area contributed by atoms with E-state index in [4.69, 9.17) is 0 Å². The summed E-state index contributed by atoms with van der Waals surface area (Å²) < 4.78 is 0. The molecular weight excluding hydrogens is 292 g/mol. The third-order valence-corrected chi connectivity index (χ3v) is 3.95. The molecule has 2 N–H and O–H groups in total. The zero-order valence-electron chi connectivity index (χ0n) is 13.1. The lowest BCUT2D eigenvalue weighted by atomic mass is 10.0. The number of hydrogen-bond acceptors (Lipinski definition) is 4. The molecule has 0 saturated carbocycles. The molecule has 1 aliphatic heterocycles. The standard InChI is InChI=1S/C17H20N4O2/c1-12-7-9-14(10-8-12)21-15(22)11-18-16(20-21)17(23)19-13-5-3-2-4-6-13/h2-3,7-10,13H,4-6,11H2,1H3,(H,18,20)(H,19,23)/t13-/m0/s1. The van der Waals surface area contributed by atoms with Gasteiger partial charge in [-0.15, -0.1) is 0 Å². The van der Waals surface area contributed by atoms with Crippen molar-refractivity contribution in [2.24, 2.45) is 4.99 Å².